The van der Waals surface area contributed by atoms with Gasteiger partial charge in [-0.3, -0.25) is 9.59 Å². The van der Waals surface area contributed by atoms with Gasteiger partial charge in [-0.05, 0) is 31.0 Å². The molecule has 1 aromatic rings. The maximum Gasteiger partial charge on any atom is 0.224 e. The summed E-state index contributed by atoms with van der Waals surface area (Å²) in [7, 11) is 1.66. The number of benzene rings is 1. The molecule has 1 atom stereocenters. The van der Waals surface area contributed by atoms with Gasteiger partial charge in [-0.1, -0.05) is 15.9 Å². The van der Waals surface area contributed by atoms with Crippen LogP contribution in [0.1, 0.15) is 23.2 Å². The Balaban J connectivity index is 2.21. The molecule has 5 heteroatoms. The lowest BCUT2D eigenvalue weighted by atomic mass is 9.96. The van der Waals surface area contributed by atoms with E-state index in [0.717, 1.165) is 35.8 Å². The first-order valence-electron chi connectivity index (χ1n) is 6.37. The van der Waals surface area contributed by atoms with Gasteiger partial charge in [0, 0.05) is 35.9 Å². The molecule has 1 aliphatic heterocycles. The van der Waals surface area contributed by atoms with E-state index in [1.54, 1.807) is 7.05 Å². The first-order valence-corrected chi connectivity index (χ1v) is 7.16. The molecule has 102 valence electrons. The highest BCUT2D eigenvalue weighted by atomic mass is 79.9. The zero-order valence-corrected chi connectivity index (χ0v) is 12.4. The van der Waals surface area contributed by atoms with Gasteiger partial charge in [-0.15, -0.1) is 0 Å². The Kier molecular flexibility index (Phi) is 4.58. The average molecular weight is 325 g/mol. The second-order valence-electron chi connectivity index (χ2n) is 4.72. The number of nitrogens with zero attached hydrogens (tertiary/aromatic N) is 1. The normalized spacial score (nSPS) is 19.1. The minimum Gasteiger partial charge on any atom is -0.370 e. The van der Waals surface area contributed by atoms with Crippen LogP contribution >= 0.6 is 15.9 Å². The number of carbonyl (C=O) groups excluding carboxylic acids is 2. The van der Waals surface area contributed by atoms with Crippen molar-refractivity contribution in [1.82, 2.24) is 5.32 Å². The summed E-state index contributed by atoms with van der Waals surface area (Å²) in [5.41, 5.74) is 1.57. The van der Waals surface area contributed by atoms with Gasteiger partial charge in [0.15, 0.2) is 6.29 Å². The van der Waals surface area contributed by atoms with E-state index < -0.39 is 0 Å². The monoisotopic (exact) mass is 324 g/mol. The zero-order valence-electron chi connectivity index (χ0n) is 10.9. The third-order valence-corrected chi connectivity index (χ3v) is 3.99. The van der Waals surface area contributed by atoms with Crippen molar-refractivity contribution in [3.8, 4) is 0 Å². The van der Waals surface area contributed by atoms with Crippen LogP contribution in [0.4, 0.5) is 5.69 Å². The number of rotatable bonds is 3. The highest BCUT2D eigenvalue weighted by Crippen LogP contribution is 2.27. The highest BCUT2D eigenvalue weighted by Gasteiger charge is 2.26. The van der Waals surface area contributed by atoms with E-state index in [0.29, 0.717) is 12.1 Å². The largest absolute Gasteiger partial charge is 0.370 e. The number of halogens is 1. The Hall–Kier alpha value is -1.36. The number of amides is 1. The standard InChI is InChI=1S/C14H17BrN2O2/c1-16-14(19)10-3-2-6-17(8-10)13-5-4-12(15)7-11(13)9-18/h4-5,7,9-10H,2-3,6,8H2,1H3,(H,16,19). The van der Waals surface area contributed by atoms with Gasteiger partial charge in [0.05, 0.1) is 5.92 Å². The lowest BCUT2D eigenvalue weighted by Crippen LogP contribution is -2.42. The summed E-state index contributed by atoms with van der Waals surface area (Å²) >= 11 is 3.37. The third kappa shape index (κ3) is 3.15. The summed E-state index contributed by atoms with van der Waals surface area (Å²) in [6.45, 7) is 1.55. The molecule has 0 bridgehead atoms. The second-order valence-corrected chi connectivity index (χ2v) is 5.64. The van der Waals surface area contributed by atoms with Crippen molar-refractivity contribution < 1.29 is 9.59 Å². The van der Waals surface area contributed by atoms with Crippen LogP contribution in [-0.2, 0) is 4.79 Å². The molecule has 1 aliphatic rings. The van der Waals surface area contributed by atoms with Crippen LogP contribution in [0.25, 0.3) is 0 Å². The fourth-order valence-corrected chi connectivity index (χ4v) is 2.90. The molecule has 1 heterocycles. The average Bonchev–Trinajstić information content (AvgIpc) is 2.46. The minimum atomic E-state index is 0.00176. The van der Waals surface area contributed by atoms with Crippen molar-refractivity contribution in [1.29, 1.82) is 0 Å². The SMILES string of the molecule is CNC(=O)C1CCCN(c2ccc(Br)cc2C=O)C1. The Bertz CT molecular complexity index is 490. The summed E-state index contributed by atoms with van der Waals surface area (Å²) in [5, 5.41) is 2.70. The van der Waals surface area contributed by atoms with E-state index in [9.17, 15) is 9.59 Å². The Morgan fingerprint density at radius 2 is 2.32 bits per heavy atom. The predicted octanol–water partition coefficient (Wildman–Crippen LogP) is 2.22. The van der Waals surface area contributed by atoms with Crippen molar-refractivity contribution in [2.24, 2.45) is 5.92 Å². The van der Waals surface area contributed by atoms with Crippen molar-refractivity contribution >= 4 is 33.8 Å². The Morgan fingerprint density at radius 1 is 1.53 bits per heavy atom. The van der Waals surface area contributed by atoms with Gasteiger partial charge >= 0.3 is 0 Å². The maximum atomic E-state index is 11.7. The van der Waals surface area contributed by atoms with Crippen LogP contribution in [0.2, 0.25) is 0 Å². The molecule has 0 aliphatic carbocycles. The number of hydrogen-bond acceptors (Lipinski definition) is 3. The van der Waals surface area contributed by atoms with Gasteiger partial charge in [-0.2, -0.15) is 0 Å². The first-order chi connectivity index (χ1) is 9.15. The van der Waals surface area contributed by atoms with Crippen molar-refractivity contribution in [3.63, 3.8) is 0 Å². The van der Waals surface area contributed by atoms with Crippen LogP contribution in [0.5, 0.6) is 0 Å². The first kappa shape index (κ1) is 14.1. The van der Waals surface area contributed by atoms with Crippen LogP contribution in [0.3, 0.4) is 0 Å². The Morgan fingerprint density at radius 3 is 3.00 bits per heavy atom. The molecule has 4 nitrogen and oxygen atoms in total. The molecule has 0 radical (unpaired) electrons. The highest BCUT2D eigenvalue weighted by molar-refractivity contribution is 9.10. The topological polar surface area (TPSA) is 49.4 Å². The number of piperidine rings is 1. The number of anilines is 1. The van der Waals surface area contributed by atoms with Gasteiger partial charge in [-0.25, -0.2) is 0 Å². The number of carbonyl (C=O) groups is 2. The van der Waals surface area contributed by atoms with Crippen molar-refractivity contribution in [3.05, 3.63) is 28.2 Å². The predicted molar refractivity (Wildman–Crippen MR) is 78.5 cm³/mol. The molecule has 1 saturated heterocycles. The molecule has 0 spiro atoms. The fourth-order valence-electron chi connectivity index (χ4n) is 2.52. The molecule has 2 rings (SSSR count). The van der Waals surface area contributed by atoms with Gasteiger partial charge in [0.2, 0.25) is 5.91 Å². The summed E-state index contributed by atoms with van der Waals surface area (Å²) in [5.74, 6) is 0.0800. The second kappa shape index (κ2) is 6.19. The van der Waals surface area contributed by atoms with E-state index in [1.165, 1.54) is 0 Å². The summed E-state index contributed by atoms with van der Waals surface area (Å²) < 4.78 is 0.887. The molecule has 0 saturated carbocycles. The quantitative estimate of drug-likeness (QED) is 0.867. The lowest BCUT2D eigenvalue weighted by molar-refractivity contribution is -0.124. The third-order valence-electron chi connectivity index (χ3n) is 3.50. The zero-order chi connectivity index (χ0) is 13.8. The van der Waals surface area contributed by atoms with E-state index in [-0.39, 0.29) is 11.8 Å². The molecule has 1 unspecified atom stereocenters. The molecule has 1 aromatic carbocycles. The maximum absolute atomic E-state index is 11.7. The number of aldehydes is 1. The van der Waals surface area contributed by atoms with E-state index in [2.05, 4.69) is 26.1 Å². The fraction of sp³-hybridized carbons (Fsp3) is 0.429. The van der Waals surface area contributed by atoms with Gasteiger partial charge < -0.3 is 10.2 Å². The van der Waals surface area contributed by atoms with Crippen LogP contribution in [-0.4, -0.2) is 32.3 Å². The van der Waals surface area contributed by atoms with Crippen LogP contribution < -0.4 is 10.2 Å². The molecular formula is C14H17BrN2O2. The number of hydrogen-bond donors (Lipinski definition) is 1. The molecule has 0 aromatic heterocycles. The molecule has 1 amide bonds. The summed E-state index contributed by atoms with van der Waals surface area (Å²) in [6, 6.07) is 5.66. The Labute approximate surface area is 121 Å². The van der Waals surface area contributed by atoms with Crippen molar-refractivity contribution in [2.75, 3.05) is 25.0 Å². The van der Waals surface area contributed by atoms with E-state index in [4.69, 9.17) is 0 Å². The minimum absolute atomic E-state index is 0.00176. The number of nitrogens with one attached hydrogen (secondary N) is 1. The van der Waals surface area contributed by atoms with Crippen molar-refractivity contribution in [2.45, 2.75) is 12.8 Å². The van der Waals surface area contributed by atoms with E-state index >= 15 is 0 Å². The molecule has 19 heavy (non-hydrogen) atoms. The van der Waals surface area contributed by atoms with Gasteiger partial charge in [0.1, 0.15) is 0 Å². The molecular weight excluding hydrogens is 308 g/mol. The molecule has 1 N–H and O–H groups in total. The smallest absolute Gasteiger partial charge is 0.224 e. The lowest BCUT2D eigenvalue weighted by Gasteiger charge is -2.34. The van der Waals surface area contributed by atoms with Gasteiger partial charge in [0.25, 0.3) is 0 Å². The summed E-state index contributed by atoms with van der Waals surface area (Å²) in [4.78, 5) is 25.0. The van der Waals surface area contributed by atoms with Crippen LogP contribution in [0, 0.1) is 5.92 Å². The summed E-state index contributed by atoms with van der Waals surface area (Å²) in [6.07, 6.45) is 2.74. The van der Waals surface area contributed by atoms with Crippen LogP contribution in [0.15, 0.2) is 22.7 Å². The molecule has 1 fully saturated rings. The van der Waals surface area contributed by atoms with E-state index in [1.807, 2.05) is 18.2 Å².